The standard InChI is InChI=1S/C26H26N4O3/c1-4-33-25(32)23(22-17(2)29-30(18(22)3)21-8-6-5-7-9-21)28-24(31)19-10-12-20(13-11-19)26(16-27)14-15-26/h5-13,23H,4,14-15H2,1-3H3,(H,28,31). The molecule has 1 aliphatic rings. The zero-order chi connectivity index (χ0) is 23.6. The van der Waals surface area contributed by atoms with Gasteiger partial charge in [-0.3, -0.25) is 4.79 Å². The van der Waals surface area contributed by atoms with Gasteiger partial charge in [-0.15, -0.1) is 0 Å². The summed E-state index contributed by atoms with van der Waals surface area (Å²) >= 11 is 0. The summed E-state index contributed by atoms with van der Waals surface area (Å²) in [6.07, 6.45) is 1.67. The van der Waals surface area contributed by atoms with E-state index in [9.17, 15) is 14.9 Å². The minimum absolute atomic E-state index is 0.195. The Balaban J connectivity index is 1.64. The lowest BCUT2D eigenvalue weighted by molar-refractivity contribution is -0.145. The van der Waals surface area contributed by atoms with E-state index >= 15 is 0 Å². The van der Waals surface area contributed by atoms with E-state index in [-0.39, 0.29) is 6.61 Å². The molecule has 33 heavy (non-hydrogen) atoms. The minimum atomic E-state index is -0.997. The fourth-order valence-electron chi connectivity index (χ4n) is 4.11. The van der Waals surface area contributed by atoms with E-state index in [1.807, 2.05) is 56.3 Å². The lowest BCUT2D eigenvalue weighted by Crippen LogP contribution is -2.35. The number of hydrogen-bond donors (Lipinski definition) is 1. The second kappa shape index (κ2) is 8.91. The lowest BCUT2D eigenvalue weighted by Gasteiger charge is -2.18. The number of amides is 1. The molecule has 7 heteroatoms. The number of hydrogen-bond acceptors (Lipinski definition) is 5. The summed E-state index contributed by atoms with van der Waals surface area (Å²) < 4.78 is 7.04. The Morgan fingerprint density at radius 2 is 1.82 bits per heavy atom. The number of ether oxygens (including phenoxy) is 1. The maximum absolute atomic E-state index is 13.1. The predicted molar refractivity (Wildman–Crippen MR) is 123 cm³/mol. The average Bonchev–Trinajstić information content (AvgIpc) is 3.58. The van der Waals surface area contributed by atoms with Gasteiger partial charge in [0.15, 0.2) is 6.04 Å². The topological polar surface area (TPSA) is 97.0 Å². The van der Waals surface area contributed by atoms with Crippen molar-refractivity contribution >= 4 is 11.9 Å². The summed E-state index contributed by atoms with van der Waals surface area (Å²) in [7, 11) is 0. The Labute approximate surface area is 193 Å². The number of carbonyl (C=O) groups excluding carboxylic acids is 2. The number of esters is 1. The van der Waals surface area contributed by atoms with Crippen LogP contribution in [0.25, 0.3) is 5.69 Å². The summed E-state index contributed by atoms with van der Waals surface area (Å²) in [5.74, 6) is -0.935. The smallest absolute Gasteiger partial charge is 0.333 e. The molecule has 1 fully saturated rings. The molecule has 1 unspecified atom stereocenters. The number of nitrogens with zero attached hydrogens (tertiary/aromatic N) is 3. The van der Waals surface area contributed by atoms with Crippen molar-refractivity contribution in [1.29, 1.82) is 5.26 Å². The minimum Gasteiger partial charge on any atom is -0.464 e. The van der Waals surface area contributed by atoms with Crippen molar-refractivity contribution in [1.82, 2.24) is 15.1 Å². The van der Waals surface area contributed by atoms with Crippen molar-refractivity contribution in [3.05, 3.63) is 82.7 Å². The van der Waals surface area contributed by atoms with Gasteiger partial charge in [-0.1, -0.05) is 30.3 Å². The summed E-state index contributed by atoms with van der Waals surface area (Å²) in [5.41, 5.74) is 3.77. The largest absolute Gasteiger partial charge is 0.464 e. The maximum Gasteiger partial charge on any atom is 0.333 e. The third-order valence-corrected chi connectivity index (χ3v) is 6.10. The Kier molecular flexibility index (Phi) is 6.01. The fourth-order valence-corrected chi connectivity index (χ4v) is 4.11. The van der Waals surface area contributed by atoms with Crippen molar-refractivity contribution in [2.45, 2.75) is 45.1 Å². The fraction of sp³-hybridized carbons (Fsp3) is 0.308. The molecule has 1 aliphatic carbocycles. The summed E-state index contributed by atoms with van der Waals surface area (Å²) in [5, 5.41) is 16.8. The highest BCUT2D eigenvalue weighted by Crippen LogP contribution is 2.47. The van der Waals surface area contributed by atoms with Crippen LogP contribution in [0.1, 0.15) is 58.7 Å². The molecule has 1 amide bonds. The van der Waals surface area contributed by atoms with E-state index in [2.05, 4.69) is 16.5 Å². The normalized spacial score (nSPS) is 14.7. The molecule has 1 aromatic heterocycles. The van der Waals surface area contributed by atoms with Crippen LogP contribution in [0.5, 0.6) is 0 Å². The lowest BCUT2D eigenvalue weighted by atomic mass is 9.96. The third-order valence-electron chi connectivity index (χ3n) is 6.10. The van der Waals surface area contributed by atoms with Crippen LogP contribution in [0, 0.1) is 25.2 Å². The molecule has 1 N–H and O–H groups in total. The van der Waals surface area contributed by atoms with Gasteiger partial charge in [0.2, 0.25) is 0 Å². The predicted octanol–water partition coefficient (Wildman–Crippen LogP) is 4.08. The second-order valence-electron chi connectivity index (χ2n) is 8.26. The van der Waals surface area contributed by atoms with Crippen LogP contribution in [0.3, 0.4) is 0 Å². The van der Waals surface area contributed by atoms with E-state index in [0.29, 0.717) is 16.8 Å². The monoisotopic (exact) mass is 442 g/mol. The second-order valence-corrected chi connectivity index (χ2v) is 8.26. The number of carbonyl (C=O) groups is 2. The van der Waals surface area contributed by atoms with E-state index in [4.69, 9.17) is 4.74 Å². The first-order chi connectivity index (χ1) is 15.9. The molecule has 0 bridgehead atoms. The van der Waals surface area contributed by atoms with Gasteiger partial charge in [-0.05, 0) is 63.4 Å². The molecule has 168 valence electrons. The van der Waals surface area contributed by atoms with Crippen LogP contribution in [0.2, 0.25) is 0 Å². The number of nitriles is 1. The third kappa shape index (κ3) is 4.24. The molecular formula is C26H26N4O3. The molecule has 1 saturated carbocycles. The van der Waals surface area contributed by atoms with E-state index in [0.717, 1.165) is 29.8 Å². The van der Waals surface area contributed by atoms with Crippen LogP contribution in [0.15, 0.2) is 54.6 Å². The Bertz CT molecular complexity index is 1220. The van der Waals surface area contributed by atoms with Crippen LogP contribution in [0.4, 0.5) is 0 Å². The molecule has 0 spiro atoms. The first-order valence-corrected chi connectivity index (χ1v) is 11.0. The molecule has 0 saturated heterocycles. The van der Waals surface area contributed by atoms with Gasteiger partial charge in [0.1, 0.15) is 0 Å². The van der Waals surface area contributed by atoms with Crippen molar-refractivity contribution < 1.29 is 14.3 Å². The van der Waals surface area contributed by atoms with Gasteiger partial charge >= 0.3 is 5.97 Å². The van der Waals surface area contributed by atoms with Gasteiger partial charge in [-0.2, -0.15) is 10.4 Å². The Hall–Kier alpha value is -3.92. The molecule has 7 nitrogen and oxygen atoms in total. The summed E-state index contributed by atoms with van der Waals surface area (Å²) in [6.45, 7) is 5.60. The Morgan fingerprint density at radius 3 is 2.39 bits per heavy atom. The van der Waals surface area contributed by atoms with Crippen LogP contribution in [-0.4, -0.2) is 28.3 Å². The zero-order valence-corrected chi connectivity index (χ0v) is 19.0. The van der Waals surface area contributed by atoms with Gasteiger partial charge in [0, 0.05) is 16.8 Å². The number of para-hydroxylation sites is 1. The van der Waals surface area contributed by atoms with Crippen LogP contribution >= 0.6 is 0 Å². The van der Waals surface area contributed by atoms with Crippen LogP contribution < -0.4 is 5.32 Å². The molecule has 1 heterocycles. The van der Waals surface area contributed by atoms with Gasteiger partial charge in [0.25, 0.3) is 5.91 Å². The number of nitrogens with one attached hydrogen (secondary N) is 1. The average molecular weight is 443 g/mol. The molecule has 2 aromatic carbocycles. The van der Waals surface area contributed by atoms with Crippen molar-refractivity contribution in [3.8, 4) is 11.8 Å². The number of aryl methyl sites for hydroxylation is 1. The highest BCUT2D eigenvalue weighted by molar-refractivity contribution is 5.97. The number of rotatable bonds is 7. The van der Waals surface area contributed by atoms with Crippen molar-refractivity contribution in [2.24, 2.45) is 0 Å². The molecule has 1 atom stereocenters. The van der Waals surface area contributed by atoms with E-state index in [1.165, 1.54) is 0 Å². The number of aromatic nitrogens is 2. The molecule has 3 aromatic rings. The first kappa shape index (κ1) is 22.3. The SMILES string of the molecule is CCOC(=O)C(NC(=O)c1ccc(C2(C#N)CC2)cc1)c1c(C)nn(-c2ccccc2)c1C. The zero-order valence-electron chi connectivity index (χ0n) is 19.0. The molecular weight excluding hydrogens is 416 g/mol. The first-order valence-electron chi connectivity index (χ1n) is 11.0. The quantitative estimate of drug-likeness (QED) is 0.556. The van der Waals surface area contributed by atoms with Crippen LogP contribution in [-0.2, 0) is 14.9 Å². The molecule has 0 aliphatic heterocycles. The van der Waals surface area contributed by atoms with Gasteiger partial charge in [0.05, 0.1) is 29.5 Å². The highest BCUT2D eigenvalue weighted by Gasteiger charge is 2.44. The summed E-state index contributed by atoms with van der Waals surface area (Å²) in [4.78, 5) is 26.0. The van der Waals surface area contributed by atoms with Gasteiger partial charge < -0.3 is 10.1 Å². The van der Waals surface area contributed by atoms with E-state index in [1.54, 1.807) is 23.7 Å². The van der Waals surface area contributed by atoms with Gasteiger partial charge in [-0.25, -0.2) is 9.48 Å². The summed E-state index contributed by atoms with van der Waals surface area (Å²) in [6, 6.07) is 18.0. The highest BCUT2D eigenvalue weighted by atomic mass is 16.5. The Morgan fingerprint density at radius 1 is 1.15 bits per heavy atom. The van der Waals surface area contributed by atoms with Crippen molar-refractivity contribution in [2.75, 3.05) is 6.61 Å². The maximum atomic E-state index is 13.1. The van der Waals surface area contributed by atoms with E-state index < -0.39 is 23.3 Å². The molecule has 0 radical (unpaired) electrons. The number of benzene rings is 2. The van der Waals surface area contributed by atoms with Crippen molar-refractivity contribution in [3.63, 3.8) is 0 Å². The molecule has 4 rings (SSSR count).